The number of aromatic nitrogens is 2. The largest absolute Gasteiger partial charge is 0.452 e. The Morgan fingerprint density at radius 3 is 2.36 bits per heavy atom. The lowest BCUT2D eigenvalue weighted by Gasteiger charge is -2.30. The predicted molar refractivity (Wildman–Crippen MR) is 119 cm³/mol. The van der Waals surface area contributed by atoms with Crippen molar-refractivity contribution in [2.45, 2.75) is 37.8 Å². The SMILES string of the molecule is Cc1nc(S(=O)(=O)N2CCC(C(=O)OC(C)C(=O)NC(=O)Nc3ccccc3)CC2)cn1C. The number of hydrogen-bond acceptors (Lipinski definition) is 7. The number of rotatable bonds is 6. The number of esters is 1. The summed E-state index contributed by atoms with van der Waals surface area (Å²) in [6.45, 7) is 3.35. The number of aryl methyl sites for hydroxylation is 2. The van der Waals surface area contributed by atoms with Crippen molar-refractivity contribution in [3.8, 4) is 0 Å². The van der Waals surface area contributed by atoms with Crippen LogP contribution in [0.1, 0.15) is 25.6 Å². The van der Waals surface area contributed by atoms with E-state index in [9.17, 15) is 22.8 Å². The van der Waals surface area contributed by atoms with E-state index < -0.39 is 40.0 Å². The van der Waals surface area contributed by atoms with Gasteiger partial charge in [-0.3, -0.25) is 14.9 Å². The number of nitrogens with zero attached hydrogens (tertiary/aromatic N) is 3. The van der Waals surface area contributed by atoms with Gasteiger partial charge < -0.3 is 14.6 Å². The van der Waals surface area contributed by atoms with Crippen LogP contribution in [0.4, 0.5) is 10.5 Å². The molecule has 0 spiro atoms. The monoisotopic (exact) mass is 477 g/mol. The smallest absolute Gasteiger partial charge is 0.325 e. The molecular weight excluding hydrogens is 450 g/mol. The van der Waals surface area contributed by atoms with E-state index in [2.05, 4.69) is 15.6 Å². The van der Waals surface area contributed by atoms with E-state index in [-0.39, 0.29) is 31.0 Å². The van der Waals surface area contributed by atoms with Crippen molar-refractivity contribution in [3.63, 3.8) is 0 Å². The van der Waals surface area contributed by atoms with Crippen LogP contribution >= 0.6 is 0 Å². The third-order valence-electron chi connectivity index (χ3n) is 5.41. The van der Waals surface area contributed by atoms with Gasteiger partial charge in [-0.2, -0.15) is 4.31 Å². The maximum atomic E-state index is 12.8. The van der Waals surface area contributed by atoms with Gasteiger partial charge in [-0.05, 0) is 38.8 Å². The summed E-state index contributed by atoms with van der Waals surface area (Å²) in [5.74, 6) is -1.33. The number of carbonyl (C=O) groups excluding carboxylic acids is 3. The molecule has 1 aromatic carbocycles. The van der Waals surface area contributed by atoms with Crippen LogP contribution in [-0.4, -0.2) is 59.4 Å². The Bertz CT molecular complexity index is 1100. The first-order chi connectivity index (χ1) is 15.6. The molecule has 11 nitrogen and oxygen atoms in total. The fourth-order valence-electron chi connectivity index (χ4n) is 3.34. The lowest BCUT2D eigenvalue weighted by atomic mass is 9.98. The number of para-hydroxylation sites is 1. The first-order valence-corrected chi connectivity index (χ1v) is 11.9. The van der Waals surface area contributed by atoms with E-state index in [4.69, 9.17) is 4.74 Å². The van der Waals surface area contributed by atoms with Crippen LogP contribution in [0, 0.1) is 12.8 Å². The molecule has 1 saturated heterocycles. The zero-order chi connectivity index (χ0) is 24.2. The number of piperidine rings is 1. The number of imidazole rings is 1. The molecular formula is C21H27N5O6S. The molecule has 1 atom stereocenters. The van der Waals surface area contributed by atoms with Crippen molar-refractivity contribution < 1.29 is 27.5 Å². The third kappa shape index (κ3) is 5.96. The van der Waals surface area contributed by atoms with E-state index in [1.807, 2.05) is 0 Å². The van der Waals surface area contributed by atoms with Crippen molar-refractivity contribution in [3.05, 3.63) is 42.4 Å². The van der Waals surface area contributed by atoms with Gasteiger partial charge in [0.05, 0.1) is 5.92 Å². The molecule has 0 bridgehead atoms. The normalized spacial score (nSPS) is 16.1. The number of anilines is 1. The highest BCUT2D eigenvalue weighted by atomic mass is 32.2. The molecule has 1 aromatic heterocycles. The highest BCUT2D eigenvalue weighted by molar-refractivity contribution is 7.89. The van der Waals surface area contributed by atoms with Gasteiger partial charge >= 0.3 is 12.0 Å². The van der Waals surface area contributed by atoms with Gasteiger partial charge in [0.15, 0.2) is 11.1 Å². The van der Waals surface area contributed by atoms with Gasteiger partial charge in [-0.25, -0.2) is 18.2 Å². The number of imide groups is 1. The van der Waals surface area contributed by atoms with Gasteiger partial charge in [-0.1, -0.05) is 18.2 Å². The molecule has 2 aromatic rings. The molecule has 2 heterocycles. The fraction of sp³-hybridized carbons (Fsp3) is 0.429. The van der Waals surface area contributed by atoms with Crippen LogP contribution in [0.2, 0.25) is 0 Å². The maximum Gasteiger partial charge on any atom is 0.325 e. The Labute approximate surface area is 192 Å². The molecule has 0 saturated carbocycles. The van der Waals surface area contributed by atoms with Crippen molar-refractivity contribution in [2.24, 2.45) is 13.0 Å². The van der Waals surface area contributed by atoms with Gasteiger partial charge in [-0.15, -0.1) is 0 Å². The standard InChI is InChI=1S/C21H27N5O6S/c1-14(19(27)24-21(29)23-17-7-5-4-6-8-17)32-20(28)16-9-11-26(12-10-16)33(30,31)18-13-25(3)15(2)22-18/h4-8,13-14,16H,9-12H2,1-3H3,(H2,23,24,27,29). The number of benzene rings is 1. The van der Waals surface area contributed by atoms with E-state index in [1.165, 1.54) is 17.4 Å². The van der Waals surface area contributed by atoms with Gasteiger partial charge in [0.2, 0.25) is 0 Å². The summed E-state index contributed by atoms with van der Waals surface area (Å²) in [6.07, 6.45) is 0.788. The second kappa shape index (κ2) is 10.1. The van der Waals surface area contributed by atoms with Crippen LogP contribution in [0.5, 0.6) is 0 Å². The Morgan fingerprint density at radius 2 is 1.79 bits per heavy atom. The number of amides is 3. The second-order valence-corrected chi connectivity index (χ2v) is 9.69. The number of carbonyl (C=O) groups is 3. The first kappa shape index (κ1) is 24.4. The number of hydrogen-bond donors (Lipinski definition) is 2. The maximum absolute atomic E-state index is 12.8. The summed E-state index contributed by atoms with van der Waals surface area (Å²) >= 11 is 0. The minimum atomic E-state index is -3.75. The van der Waals surface area contributed by atoms with Gasteiger partial charge in [0, 0.05) is 32.0 Å². The van der Waals surface area contributed by atoms with Crippen molar-refractivity contribution >= 4 is 33.6 Å². The average Bonchev–Trinajstić information content (AvgIpc) is 3.13. The fourth-order valence-corrected chi connectivity index (χ4v) is 4.83. The zero-order valence-electron chi connectivity index (χ0n) is 18.6. The van der Waals surface area contributed by atoms with Crippen LogP contribution in [0.15, 0.2) is 41.6 Å². The Hall–Kier alpha value is -3.25. The highest BCUT2D eigenvalue weighted by Crippen LogP contribution is 2.24. The molecule has 3 rings (SSSR count). The number of sulfonamides is 1. The summed E-state index contributed by atoms with van der Waals surface area (Å²) in [7, 11) is -2.03. The summed E-state index contributed by atoms with van der Waals surface area (Å²) in [5, 5.41) is 4.60. The number of ether oxygens (including phenoxy) is 1. The van der Waals surface area contributed by atoms with E-state index >= 15 is 0 Å². The van der Waals surface area contributed by atoms with Crippen LogP contribution in [-0.2, 0) is 31.4 Å². The van der Waals surface area contributed by atoms with Crippen LogP contribution < -0.4 is 10.6 Å². The topological polar surface area (TPSA) is 140 Å². The Morgan fingerprint density at radius 1 is 1.15 bits per heavy atom. The molecule has 2 N–H and O–H groups in total. The predicted octanol–water partition coefficient (Wildman–Crippen LogP) is 1.41. The second-order valence-electron chi connectivity index (χ2n) is 7.80. The van der Waals surface area contributed by atoms with Gasteiger partial charge in [0.1, 0.15) is 5.82 Å². The zero-order valence-corrected chi connectivity index (χ0v) is 19.5. The van der Waals surface area contributed by atoms with Crippen molar-refractivity contribution in [2.75, 3.05) is 18.4 Å². The summed E-state index contributed by atoms with van der Waals surface area (Å²) in [5.41, 5.74) is 0.509. The number of nitrogens with one attached hydrogen (secondary N) is 2. The van der Waals surface area contributed by atoms with Gasteiger partial charge in [0.25, 0.3) is 15.9 Å². The van der Waals surface area contributed by atoms with Crippen molar-refractivity contribution in [1.82, 2.24) is 19.2 Å². The highest BCUT2D eigenvalue weighted by Gasteiger charge is 2.35. The van der Waals surface area contributed by atoms with E-state index in [0.717, 1.165) is 0 Å². The summed E-state index contributed by atoms with van der Waals surface area (Å²) in [4.78, 5) is 40.7. The van der Waals surface area contributed by atoms with Crippen molar-refractivity contribution in [1.29, 1.82) is 0 Å². The summed E-state index contributed by atoms with van der Waals surface area (Å²) < 4.78 is 33.7. The molecule has 33 heavy (non-hydrogen) atoms. The first-order valence-electron chi connectivity index (χ1n) is 10.5. The minimum absolute atomic E-state index is 0.0254. The molecule has 1 unspecified atom stereocenters. The van der Waals surface area contributed by atoms with Crippen LogP contribution in [0.25, 0.3) is 0 Å². The lowest BCUT2D eigenvalue weighted by Crippen LogP contribution is -2.44. The molecule has 178 valence electrons. The molecule has 12 heteroatoms. The van der Waals surface area contributed by atoms with E-state index in [0.29, 0.717) is 11.5 Å². The summed E-state index contributed by atoms with van der Waals surface area (Å²) in [6, 6.07) is 7.84. The number of urea groups is 1. The van der Waals surface area contributed by atoms with E-state index in [1.54, 1.807) is 48.9 Å². The molecule has 1 aliphatic rings. The Balaban J connectivity index is 1.48. The minimum Gasteiger partial charge on any atom is -0.452 e. The third-order valence-corrected chi connectivity index (χ3v) is 7.18. The lowest BCUT2D eigenvalue weighted by molar-refractivity contribution is -0.159. The van der Waals surface area contributed by atoms with Crippen LogP contribution in [0.3, 0.4) is 0 Å². The molecule has 3 amide bonds. The average molecular weight is 478 g/mol. The molecule has 0 aliphatic carbocycles. The molecule has 1 aliphatic heterocycles. The molecule has 1 fully saturated rings. The Kier molecular flexibility index (Phi) is 7.49. The molecule has 0 radical (unpaired) electrons. The quantitative estimate of drug-likeness (QED) is 0.600.